The van der Waals surface area contributed by atoms with E-state index in [0.717, 1.165) is 120 Å². The smallest absolute Gasteiger partial charge is 0.462 e. The molecule has 3 N–H and O–H groups in total. The minimum absolute atomic E-state index is 0.107. The van der Waals surface area contributed by atoms with Crippen molar-refractivity contribution < 1.29 is 80.2 Å². The molecule has 0 aliphatic rings. The molecule has 0 aliphatic carbocycles. The zero-order chi connectivity index (χ0) is 75.3. The molecule has 0 aromatic rings. The molecule has 102 heavy (non-hydrogen) atoms. The van der Waals surface area contributed by atoms with E-state index >= 15 is 0 Å². The number of rotatable bonds is 80. The predicted molar refractivity (Wildman–Crippen MR) is 418 cm³/mol. The van der Waals surface area contributed by atoms with Gasteiger partial charge in [-0.1, -0.05) is 376 Å². The molecule has 0 radical (unpaired) electrons. The highest BCUT2D eigenvalue weighted by molar-refractivity contribution is 7.47. The van der Waals surface area contributed by atoms with E-state index in [1.807, 2.05) is 0 Å². The van der Waals surface area contributed by atoms with Crippen molar-refractivity contribution in [2.24, 2.45) is 23.7 Å². The first kappa shape index (κ1) is 100. The van der Waals surface area contributed by atoms with E-state index in [4.69, 9.17) is 37.0 Å². The molecule has 0 heterocycles. The maximum atomic E-state index is 13.1. The molecule has 4 unspecified atom stereocenters. The fraction of sp³-hybridized carbons (Fsp3) is 0.952. The molecule has 606 valence electrons. The summed E-state index contributed by atoms with van der Waals surface area (Å²) >= 11 is 0. The molecular formula is C83H162O17P2. The van der Waals surface area contributed by atoms with Gasteiger partial charge in [-0.05, 0) is 49.4 Å². The van der Waals surface area contributed by atoms with Gasteiger partial charge in [-0.25, -0.2) is 9.13 Å². The van der Waals surface area contributed by atoms with Gasteiger partial charge in [-0.15, -0.1) is 0 Å². The van der Waals surface area contributed by atoms with Gasteiger partial charge in [0.15, 0.2) is 12.2 Å². The maximum Gasteiger partial charge on any atom is 0.472 e. The topological polar surface area (TPSA) is 237 Å². The lowest BCUT2D eigenvalue weighted by atomic mass is 9.99. The lowest BCUT2D eigenvalue weighted by Crippen LogP contribution is -2.30. The van der Waals surface area contributed by atoms with Crippen LogP contribution >= 0.6 is 15.6 Å². The van der Waals surface area contributed by atoms with Crippen molar-refractivity contribution in [2.75, 3.05) is 39.6 Å². The number of hydrogen-bond acceptors (Lipinski definition) is 15. The molecule has 0 spiro atoms. The highest BCUT2D eigenvalue weighted by Crippen LogP contribution is 2.45. The van der Waals surface area contributed by atoms with Crippen LogP contribution in [0.3, 0.4) is 0 Å². The van der Waals surface area contributed by atoms with Crippen LogP contribution < -0.4 is 0 Å². The van der Waals surface area contributed by atoms with Crippen LogP contribution in [-0.4, -0.2) is 96.7 Å². The fourth-order valence-corrected chi connectivity index (χ4v) is 14.3. The van der Waals surface area contributed by atoms with Crippen molar-refractivity contribution in [3.05, 3.63) is 0 Å². The first-order valence-electron chi connectivity index (χ1n) is 42.8. The Balaban J connectivity index is 5.12. The second kappa shape index (κ2) is 72.0. The van der Waals surface area contributed by atoms with Gasteiger partial charge in [-0.3, -0.25) is 37.3 Å². The van der Waals surface area contributed by atoms with E-state index < -0.39 is 97.5 Å². The Morgan fingerprint density at radius 2 is 0.471 bits per heavy atom. The van der Waals surface area contributed by atoms with Crippen LogP contribution in [0, 0.1) is 23.7 Å². The van der Waals surface area contributed by atoms with E-state index in [2.05, 4.69) is 55.4 Å². The van der Waals surface area contributed by atoms with Gasteiger partial charge in [0, 0.05) is 25.7 Å². The summed E-state index contributed by atoms with van der Waals surface area (Å²) in [5, 5.41) is 10.6. The number of carbonyl (C=O) groups is 4. The number of carbonyl (C=O) groups excluding carboxylic acids is 4. The molecule has 0 fully saturated rings. The van der Waals surface area contributed by atoms with E-state index in [0.29, 0.717) is 31.6 Å². The minimum Gasteiger partial charge on any atom is -0.462 e. The summed E-state index contributed by atoms with van der Waals surface area (Å²) in [5.74, 6) is 0.984. The fourth-order valence-electron chi connectivity index (χ4n) is 12.7. The number of esters is 4. The average Bonchev–Trinajstić information content (AvgIpc) is 0.917. The number of phosphoric ester groups is 2. The van der Waals surface area contributed by atoms with Crippen LogP contribution in [0.25, 0.3) is 0 Å². The predicted octanol–water partition coefficient (Wildman–Crippen LogP) is 24.8. The molecule has 0 aromatic heterocycles. The maximum absolute atomic E-state index is 13.1. The molecule has 0 rings (SSSR count). The third-order valence-corrected chi connectivity index (χ3v) is 21.9. The molecule has 0 aromatic carbocycles. The van der Waals surface area contributed by atoms with Gasteiger partial charge in [0.25, 0.3) is 0 Å². The Hall–Kier alpha value is -1.94. The molecule has 0 aliphatic heterocycles. The molecular weight excluding hydrogens is 1330 g/mol. The zero-order valence-corrected chi connectivity index (χ0v) is 69.0. The molecule has 0 bridgehead atoms. The lowest BCUT2D eigenvalue weighted by Gasteiger charge is -2.21. The lowest BCUT2D eigenvalue weighted by molar-refractivity contribution is -0.161. The number of aliphatic hydroxyl groups is 1. The third-order valence-electron chi connectivity index (χ3n) is 20.0. The second-order valence-corrected chi connectivity index (χ2v) is 34.2. The van der Waals surface area contributed by atoms with E-state index in [9.17, 15) is 43.2 Å². The normalized spacial score (nSPS) is 14.5. The first-order valence-corrected chi connectivity index (χ1v) is 45.8. The average molecular weight is 1490 g/mol. The van der Waals surface area contributed by atoms with Crippen LogP contribution in [0.5, 0.6) is 0 Å². The van der Waals surface area contributed by atoms with E-state index in [1.54, 1.807) is 0 Å². The zero-order valence-electron chi connectivity index (χ0n) is 67.2. The van der Waals surface area contributed by atoms with Crippen LogP contribution in [0.2, 0.25) is 0 Å². The summed E-state index contributed by atoms with van der Waals surface area (Å²) in [5.41, 5.74) is 0. The minimum atomic E-state index is -4.96. The molecule has 19 heteroatoms. The van der Waals surface area contributed by atoms with Gasteiger partial charge in [0.1, 0.15) is 19.3 Å². The van der Waals surface area contributed by atoms with Gasteiger partial charge in [0.2, 0.25) is 0 Å². The summed E-state index contributed by atoms with van der Waals surface area (Å²) in [6, 6.07) is 0. The molecule has 0 saturated heterocycles. The number of hydrogen-bond donors (Lipinski definition) is 3. The van der Waals surface area contributed by atoms with Crippen molar-refractivity contribution in [3.8, 4) is 0 Å². The first-order chi connectivity index (χ1) is 49.2. The number of aliphatic hydroxyl groups excluding tert-OH is 1. The molecule has 7 atom stereocenters. The van der Waals surface area contributed by atoms with Gasteiger partial charge >= 0.3 is 39.5 Å². The van der Waals surface area contributed by atoms with Gasteiger partial charge in [-0.2, -0.15) is 0 Å². The highest BCUT2D eigenvalue weighted by atomic mass is 31.2. The summed E-state index contributed by atoms with van der Waals surface area (Å²) in [6.07, 6.45) is 60.1. The molecule has 0 amide bonds. The van der Waals surface area contributed by atoms with Crippen molar-refractivity contribution in [2.45, 2.75) is 446 Å². The Kier molecular flexibility index (Phi) is 70.6. The van der Waals surface area contributed by atoms with Crippen LogP contribution in [0.15, 0.2) is 0 Å². The van der Waals surface area contributed by atoms with Crippen LogP contribution in [0.1, 0.15) is 428 Å². The van der Waals surface area contributed by atoms with Crippen molar-refractivity contribution >= 4 is 39.5 Å². The molecule has 17 nitrogen and oxygen atoms in total. The SMILES string of the molecule is CCC(C)CCCCCCCCCCCCCCCCCCCCC(=O)O[C@H](COC(=O)CCCCCCCCC(C)C)COP(=O)(O)OC[C@H](O)COP(=O)(O)OC[C@@H](COC(=O)CCCCCCCCC(C)CC)OC(=O)CCCCCCCCCCCCCCCCCCCCC(C)C. The number of ether oxygens (including phenoxy) is 4. The molecule has 0 saturated carbocycles. The summed E-state index contributed by atoms with van der Waals surface area (Å²) < 4.78 is 68.7. The van der Waals surface area contributed by atoms with Crippen LogP contribution in [0.4, 0.5) is 0 Å². The summed E-state index contributed by atoms with van der Waals surface area (Å²) in [4.78, 5) is 73.0. The van der Waals surface area contributed by atoms with E-state index in [1.165, 1.54) is 218 Å². The van der Waals surface area contributed by atoms with E-state index in [-0.39, 0.29) is 25.7 Å². The van der Waals surface area contributed by atoms with Crippen molar-refractivity contribution in [1.29, 1.82) is 0 Å². The highest BCUT2D eigenvalue weighted by Gasteiger charge is 2.30. The number of unbranched alkanes of at least 4 members (excludes halogenated alkanes) is 44. The van der Waals surface area contributed by atoms with Gasteiger partial charge in [0.05, 0.1) is 26.4 Å². The monoisotopic (exact) mass is 1490 g/mol. The Morgan fingerprint density at radius 1 is 0.275 bits per heavy atom. The quantitative estimate of drug-likeness (QED) is 0.0222. The summed E-state index contributed by atoms with van der Waals surface area (Å²) in [7, 11) is -9.92. The largest absolute Gasteiger partial charge is 0.472 e. The van der Waals surface area contributed by atoms with Gasteiger partial charge < -0.3 is 33.8 Å². The number of phosphoric acid groups is 2. The Labute approximate surface area is 626 Å². The summed E-state index contributed by atoms with van der Waals surface area (Å²) in [6.45, 7) is 14.2. The third kappa shape index (κ3) is 73.6. The Morgan fingerprint density at radius 3 is 0.696 bits per heavy atom. The van der Waals surface area contributed by atoms with Crippen molar-refractivity contribution in [1.82, 2.24) is 0 Å². The standard InChI is InChI=1S/C83H162O17P2/c1-9-75(7)61-53-45-36-32-28-24-20-16-12-14-18-22-26-30-34-38-49-57-65-82(87)99-78(69-93-80(85)63-55-47-41-39-44-52-60-74(5)6)71-97-101(89,90)95-67-77(84)68-96-102(91,92)98-72-79(70-94-81(86)64-56-48-42-40-46-54-62-76(8)10-2)100-83(88)66-58-50-37-33-29-25-21-17-13-11-15-19-23-27-31-35-43-51-59-73(3)4/h73-79,84H,9-72H2,1-8H3,(H,89,90)(H,91,92)/t75?,76?,77-,78+,79+/m0/s1. The van der Waals surface area contributed by atoms with Crippen molar-refractivity contribution in [3.63, 3.8) is 0 Å². The van der Waals surface area contributed by atoms with Crippen LogP contribution in [-0.2, 0) is 65.4 Å². The second-order valence-electron chi connectivity index (χ2n) is 31.3. The Bertz CT molecular complexity index is 1990.